The smallest absolute Gasteiger partial charge is 0.268 e. The van der Waals surface area contributed by atoms with Crippen molar-refractivity contribution in [3.05, 3.63) is 83.7 Å². The molecular formula is C17H10ClN3O6S. The second-order valence-corrected chi connectivity index (χ2v) is 7.06. The number of hydrogen-bond donors (Lipinski definition) is 0. The molecule has 0 saturated carbocycles. The van der Waals surface area contributed by atoms with Crippen molar-refractivity contribution in [2.24, 2.45) is 0 Å². The van der Waals surface area contributed by atoms with E-state index in [1.807, 2.05) is 0 Å². The second-order valence-electron chi connectivity index (χ2n) is 5.66. The maximum Gasteiger partial charge on any atom is 0.293 e. The van der Waals surface area contributed by atoms with Crippen LogP contribution in [0.1, 0.15) is 11.1 Å². The van der Waals surface area contributed by atoms with Gasteiger partial charge in [-0.25, -0.2) is 0 Å². The van der Waals surface area contributed by atoms with Crippen LogP contribution in [0.2, 0.25) is 5.02 Å². The van der Waals surface area contributed by atoms with Gasteiger partial charge in [-0.1, -0.05) is 29.8 Å². The first-order valence-electron chi connectivity index (χ1n) is 7.69. The number of halogens is 1. The Hall–Kier alpha value is -3.24. The number of amides is 2. The van der Waals surface area contributed by atoms with Crippen LogP contribution in [0, 0.1) is 20.2 Å². The van der Waals surface area contributed by atoms with Gasteiger partial charge in [-0.3, -0.25) is 34.7 Å². The first-order chi connectivity index (χ1) is 13.3. The van der Waals surface area contributed by atoms with Crippen LogP contribution in [0.4, 0.5) is 16.2 Å². The number of hydrogen-bond acceptors (Lipinski definition) is 7. The summed E-state index contributed by atoms with van der Waals surface area (Å²) in [5, 5.41) is 21.3. The lowest BCUT2D eigenvalue weighted by Crippen LogP contribution is -2.27. The lowest BCUT2D eigenvalue weighted by atomic mass is 10.1. The van der Waals surface area contributed by atoms with Crippen molar-refractivity contribution < 1.29 is 19.4 Å². The third kappa shape index (κ3) is 4.02. The number of nitro benzene ring substituents is 2. The van der Waals surface area contributed by atoms with Crippen LogP contribution >= 0.6 is 23.4 Å². The predicted octanol–water partition coefficient (Wildman–Crippen LogP) is 4.39. The van der Waals surface area contributed by atoms with Crippen molar-refractivity contribution in [1.82, 2.24) is 4.90 Å². The maximum absolute atomic E-state index is 12.6. The molecule has 9 nitrogen and oxygen atoms in total. The first-order valence-corrected chi connectivity index (χ1v) is 8.88. The molecule has 0 atom stereocenters. The standard InChI is InChI=1S/C17H10ClN3O6S/c18-13-5-4-10(7-14(13)21(26)27)8-15-16(22)19(17(23)28-15)9-11-2-1-3-12(6-11)20(24)25/h1-8H,9H2. The molecule has 28 heavy (non-hydrogen) atoms. The molecule has 0 spiro atoms. The molecule has 2 aromatic carbocycles. The Morgan fingerprint density at radius 3 is 2.50 bits per heavy atom. The summed E-state index contributed by atoms with van der Waals surface area (Å²) < 4.78 is 0. The van der Waals surface area contributed by atoms with Crippen molar-refractivity contribution in [2.75, 3.05) is 0 Å². The predicted molar refractivity (Wildman–Crippen MR) is 103 cm³/mol. The monoisotopic (exact) mass is 419 g/mol. The summed E-state index contributed by atoms with van der Waals surface area (Å²) in [7, 11) is 0. The number of imide groups is 1. The average Bonchev–Trinajstić information content (AvgIpc) is 2.90. The molecule has 142 valence electrons. The summed E-state index contributed by atoms with van der Waals surface area (Å²) in [6, 6.07) is 9.66. The average molecular weight is 420 g/mol. The van der Waals surface area contributed by atoms with E-state index in [0.29, 0.717) is 22.9 Å². The molecule has 1 aliphatic heterocycles. The second kappa shape index (κ2) is 7.79. The molecule has 0 aromatic heterocycles. The molecule has 0 bridgehead atoms. The molecule has 0 N–H and O–H groups in total. The summed E-state index contributed by atoms with van der Waals surface area (Å²) in [6.45, 7) is -0.121. The molecule has 0 aliphatic carbocycles. The summed E-state index contributed by atoms with van der Waals surface area (Å²) in [5.74, 6) is -0.584. The zero-order chi connectivity index (χ0) is 20.4. The zero-order valence-electron chi connectivity index (χ0n) is 13.9. The van der Waals surface area contributed by atoms with Crippen LogP contribution in [-0.4, -0.2) is 25.9 Å². The van der Waals surface area contributed by atoms with E-state index in [-0.39, 0.29) is 27.8 Å². The van der Waals surface area contributed by atoms with E-state index in [1.165, 1.54) is 42.5 Å². The minimum absolute atomic E-state index is 0.0408. The Morgan fingerprint density at radius 2 is 1.82 bits per heavy atom. The highest BCUT2D eigenvalue weighted by Gasteiger charge is 2.35. The fourth-order valence-corrected chi connectivity index (χ4v) is 3.52. The number of nitro groups is 2. The number of thioether (sulfide) groups is 1. The molecule has 2 amide bonds. The van der Waals surface area contributed by atoms with E-state index in [9.17, 15) is 29.8 Å². The lowest BCUT2D eigenvalue weighted by Gasteiger charge is -2.12. The quantitative estimate of drug-likeness (QED) is 0.399. The van der Waals surface area contributed by atoms with Crippen LogP contribution in [0.25, 0.3) is 6.08 Å². The third-order valence-corrected chi connectivity index (χ3v) is 5.03. The Bertz CT molecular complexity index is 1050. The number of nitrogens with zero attached hydrogens (tertiary/aromatic N) is 3. The van der Waals surface area contributed by atoms with Gasteiger partial charge in [-0.2, -0.15) is 0 Å². The van der Waals surface area contributed by atoms with Gasteiger partial charge in [0.25, 0.3) is 22.5 Å². The Morgan fingerprint density at radius 1 is 1.07 bits per heavy atom. The molecule has 1 aliphatic rings. The van der Waals surface area contributed by atoms with Gasteiger partial charge in [-0.15, -0.1) is 0 Å². The Kier molecular flexibility index (Phi) is 5.43. The number of carbonyl (C=O) groups excluding carboxylic acids is 2. The molecule has 2 aromatic rings. The van der Waals surface area contributed by atoms with Crippen LogP contribution in [0.3, 0.4) is 0 Å². The Balaban J connectivity index is 1.85. The molecule has 1 fully saturated rings. The van der Waals surface area contributed by atoms with Gasteiger partial charge in [0.1, 0.15) is 5.02 Å². The molecular weight excluding hydrogens is 410 g/mol. The SMILES string of the molecule is O=C1SC(=Cc2ccc(Cl)c([N+](=O)[O-])c2)C(=O)N1Cc1cccc([N+](=O)[O-])c1. The summed E-state index contributed by atoms with van der Waals surface area (Å²) in [6.07, 6.45) is 1.36. The summed E-state index contributed by atoms with van der Waals surface area (Å²) in [5.41, 5.74) is 0.316. The lowest BCUT2D eigenvalue weighted by molar-refractivity contribution is -0.385. The molecule has 0 unspecified atom stereocenters. The highest BCUT2D eigenvalue weighted by atomic mass is 35.5. The number of carbonyl (C=O) groups is 2. The fourth-order valence-electron chi connectivity index (χ4n) is 2.50. The normalized spacial score (nSPS) is 15.3. The van der Waals surface area contributed by atoms with Gasteiger partial charge < -0.3 is 0 Å². The van der Waals surface area contributed by atoms with E-state index in [0.717, 1.165) is 4.90 Å². The van der Waals surface area contributed by atoms with Gasteiger partial charge in [-0.05, 0) is 35.0 Å². The van der Waals surface area contributed by atoms with Crippen LogP contribution < -0.4 is 0 Å². The molecule has 3 rings (SSSR count). The van der Waals surface area contributed by atoms with Crippen molar-refractivity contribution in [1.29, 1.82) is 0 Å². The fraction of sp³-hybridized carbons (Fsp3) is 0.0588. The molecule has 11 heteroatoms. The maximum atomic E-state index is 12.6. The molecule has 0 radical (unpaired) electrons. The highest BCUT2D eigenvalue weighted by molar-refractivity contribution is 8.18. The number of rotatable bonds is 5. The van der Waals surface area contributed by atoms with Gasteiger partial charge in [0.2, 0.25) is 0 Å². The van der Waals surface area contributed by atoms with Crippen molar-refractivity contribution >= 4 is 52.0 Å². The summed E-state index contributed by atoms with van der Waals surface area (Å²) >= 11 is 6.45. The summed E-state index contributed by atoms with van der Waals surface area (Å²) in [4.78, 5) is 46.4. The van der Waals surface area contributed by atoms with E-state index < -0.39 is 21.0 Å². The first kappa shape index (κ1) is 19.5. The van der Waals surface area contributed by atoms with Gasteiger partial charge in [0.05, 0.1) is 21.3 Å². The van der Waals surface area contributed by atoms with E-state index >= 15 is 0 Å². The van der Waals surface area contributed by atoms with Crippen molar-refractivity contribution in [3.8, 4) is 0 Å². The third-order valence-electron chi connectivity index (χ3n) is 3.80. The van der Waals surface area contributed by atoms with Crippen molar-refractivity contribution in [2.45, 2.75) is 6.54 Å². The Labute approximate surface area is 166 Å². The molecule has 1 saturated heterocycles. The largest absolute Gasteiger partial charge is 0.293 e. The number of benzene rings is 2. The van der Waals surface area contributed by atoms with E-state index in [4.69, 9.17) is 11.6 Å². The van der Waals surface area contributed by atoms with Gasteiger partial charge >= 0.3 is 0 Å². The van der Waals surface area contributed by atoms with Crippen LogP contribution in [0.5, 0.6) is 0 Å². The number of non-ortho nitro benzene ring substituents is 1. The topological polar surface area (TPSA) is 124 Å². The van der Waals surface area contributed by atoms with E-state index in [2.05, 4.69) is 0 Å². The van der Waals surface area contributed by atoms with Crippen LogP contribution in [-0.2, 0) is 11.3 Å². The van der Waals surface area contributed by atoms with Crippen molar-refractivity contribution in [3.63, 3.8) is 0 Å². The highest BCUT2D eigenvalue weighted by Crippen LogP contribution is 2.34. The van der Waals surface area contributed by atoms with Gasteiger partial charge in [0, 0.05) is 18.2 Å². The van der Waals surface area contributed by atoms with E-state index in [1.54, 1.807) is 6.07 Å². The molecule has 1 heterocycles. The minimum atomic E-state index is -0.645. The van der Waals surface area contributed by atoms with Gasteiger partial charge in [0.15, 0.2) is 0 Å². The minimum Gasteiger partial charge on any atom is -0.268 e. The van der Waals surface area contributed by atoms with Crippen LogP contribution in [0.15, 0.2) is 47.4 Å². The zero-order valence-corrected chi connectivity index (χ0v) is 15.5.